The van der Waals surface area contributed by atoms with E-state index in [-0.39, 0.29) is 5.78 Å². The molecule has 0 saturated heterocycles. The van der Waals surface area contributed by atoms with Gasteiger partial charge in [0.05, 0.1) is 12.2 Å². The first-order valence-electron chi connectivity index (χ1n) is 6.32. The second-order valence-electron chi connectivity index (χ2n) is 4.83. The Kier molecular flexibility index (Phi) is 3.57. The molecule has 0 atom stereocenters. The molecule has 0 spiro atoms. The highest BCUT2D eigenvalue weighted by atomic mass is 79.9. The van der Waals surface area contributed by atoms with Crippen LogP contribution in [0.3, 0.4) is 0 Å². The van der Waals surface area contributed by atoms with Gasteiger partial charge in [0.1, 0.15) is 5.75 Å². The summed E-state index contributed by atoms with van der Waals surface area (Å²) in [4.78, 5) is 12.8. The lowest BCUT2D eigenvalue weighted by atomic mass is 9.97. The van der Waals surface area contributed by atoms with E-state index in [1.165, 1.54) is 0 Å². The Morgan fingerprint density at radius 1 is 1.25 bits per heavy atom. The van der Waals surface area contributed by atoms with Gasteiger partial charge in [0.2, 0.25) is 0 Å². The van der Waals surface area contributed by atoms with Crippen molar-refractivity contribution in [3.05, 3.63) is 62.1 Å². The van der Waals surface area contributed by atoms with Crippen LogP contribution in [0, 0.1) is 6.92 Å². The molecule has 0 saturated carbocycles. The second-order valence-corrected chi connectivity index (χ2v) is 6.18. The van der Waals surface area contributed by atoms with Crippen molar-refractivity contribution in [2.75, 3.05) is 6.61 Å². The molecule has 1 aliphatic heterocycles. The van der Waals surface area contributed by atoms with E-state index >= 15 is 0 Å². The van der Waals surface area contributed by atoms with Gasteiger partial charge in [-0.25, -0.2) is 0 Å². The summed E-state index contributed by atoms with van der Waals surface area (Å²) in [6.07, 6.45) is 0.837. The molecule has 4 heteroatoms. The summed E-state index contributed by atoms with van der Waals surface area (Å²) in [5.74, 6) is 0.655. The Morgan fingerprint density at radius 2 is 2.05 bits per heavy atom. The molecule has 0 radical (unpaired) electrons. The van der Waals surface area contributed by atoms with Gasteiger partial charge in [-0.15, -0.1) is 0 Å². The minimum atomic E-state index is -0.0514. The number of ketones is 1. The SMILES string of the molecule is Cc1ccc(Cl)cc1C(=O)c1cc(Br)cc2c1OCC2. The molecule has 0 N–H and O–H groups in total. The largest absolute Gasteiger partial charge is 0.492 e. The van der Waals surface area contributed by atoms with E-state index in [0.29, 0.717) is 28.5 Å². The third-order valence-corrected chi connectivity index (χ3v) is 4.13. The van der Waals surface area contributed by atoms with E-state index in [1.807, 2.05) is 25.1 Å². The highest BCUT2D eigenvalue weighted by molar-refractivity contribution is 9.10. The number of carbonyl (C=O) groups excluding carboxylic acids is 1. The van der Waals surface area contributed by atoms with Gasteiger partial charge in [0.25, 0.3) is 0 Å². The molecular formula is C16H12BrClO2. The molecule has 2 nitrogen and oxygen atoms in total. The Morgan fingerprint density at radius 3 is 2.85 bits per heavy atom. The van der Waals surface area contributed by atoms with Crippen molar-refractivity contribution in [2.45, 2.75) is 13.3 Å². The van der Waals surface area contributed by atoms with Gasteiger partial charge >= 0.3 is 0 Å². The number of hydrogen-bond acceptors (Lipinski definition) is 2. The van der Waals surface area contributed by atoms with Gasteiger partial charge in [-0.2, -0.15) is 0 Å². The number of rotatable bonds is 2. The Balaban J connectivity index is 2.14. The molecule has 1 heterocycles. The lowest BCUT2D eigenvalue weighted by Gasteiger charge is -2.10. The first-order valence-corrected chi connectivity index (χ1v) is 7.49. The van der Waals surface area contributed by atoms with E-state index in [4.69, 9.17) is 16.3 Å². The van der Waals surface area contributed by atoms with Gasteiger partial charge in [0.15, 0.2) is 5.78 Å². The summed E-state index contributed by atoms with van der Waals surface area (Å²) >= 11 is 9.46. The summed E-state index contributed by atoms with van der Waals surface area (Å²) in [5, 5.41) is 0.562. The molecule has 102 valence electrons. The zero-order valence-electron chi connectivity index (χ0n) is 10.9. The average Bonchev–Trinajstić information content (AvgIpc) is 2.87. The van der Waals surface area contributed by atoms with Gasteiger partial charge in [-0.1, -0.05) is 33.6 Å². The zero-order chi connectivity index (χ0) is 14.3. The summed E-state index contributed by atoms with van der Waals surface area (Å²) in [6, 6.07) is 9.17. The second kappa shape index (κ2) is 5.23. The predicted octanol–water partition coefficient (Wildman–Crippen LogP) is 4.58. The maximum atomic E-state index is 12.8. The molecule has 3 rings (SSSR count). The number of benzene rings is 2. The minimum absolute atomic E-state index is 0.0514. The normalized spacial score (nSPS) is 12.9. The topological polar surface area (TPSA) is 26.3 Å². The van der Waals surface area contributed by atoms with Crippen molar-refractivity contribution in [3.63, 3.8) is 0 Å². The lowest BCUT2D eigenvalue weighted by Crippen LogP contribution is -2.06. The number of carbonyl (C=O) groups is 1. The molecule has 0 amide bonds. The predicted molar refractivity (Wildman–Crippen MR) is 83.0 cm³/mol. The van der Waals surface area contributed by atoms with Crippen LogP contribution in [0.1, 0.15) is 27.0 Å². The first kappa shape index (κ1) is 13.7. The number of fused-ring (bicyclic) bond motifs is 1. The number of hydrogen-bond donors (Lipinski definition) is 0. The molecule has 0 bridgehead atoms. The van der Waals surface area contributed by atoms with Crippen molar-refractivity contribution in [3.8, 4) is 5.75 Å². The minimum Gasteiger partial charge on any atom is -0.492 e. The zero-order valence-corrected chi connectivity index (χ0v) is 13.2. The van der Waals surface area contributed by atoms with Gasteiger partial charge < -0.3 is 4.74 Å². The van der Waals surface area contributed by atoms with Gasteiger partial charge in [-0.3, -0.25) is 4.79 Å². The van der Waals surface area contributed by atoms with Crippen molar-refractivity contribution in [2.24, 2.45) is 0 Å². The Hall–Kier alpha value is -1.32. The fraction of sp³-hybridized carbons (Fsp3) is 0.188. The highest BCUT2D eigenvalue weighted by Crippen LogP contribution is 2.35. The standard InChI is InChI=1S/C16H12BrClO2/c1-9-2-3-12(18)8-13(9)15(19)14-7-11(17)6-10-4-5-20-16(10)14/h2-3,6-8H,4-5H2,1H3. The van der Waals surface area contributed by atoms with Crippen molar-refractivity contribution >= 4 is 33.3 Å². The molecule has 0 fully saturated rings. The summed E-state index contributed by atoms with van der Waals surface area (Å²) in [5.41, 5.74) is 3.19. The van der Waals surface area contributed by atoms with Crippen LogP contribution in [0.4, 0.5) is 0 Å². The average molecular weight is 352 g/mol. The van der Waals surface area contributed by atoms with Gasteiger partial charge in [0, 0.05) is 21.5 Å². The van der Waals surface area contributed by atoms with Crippen LogP contribution >= 0.6 is 27.5 Å². The third-order valence-electron chi connectivity index (χ3n) is 3.44. The molecule has 0 unspecified atom stereocenters. The first-order chi connectivity index (χ1) is 9.56. The Bertz CT molecular complexity index is 710. The lowest BCUT2D eigenvalue weighted by molar-refractivity contribution is 0.103. The summed E-state index contributed by atoms with van der Waals surface area (Å²) in [6.45, 7) is 2.53. The number of ether oxygens (including phenoxy) is 1. The van der Waals surface area contributed by atoms with Crippen LogP contribution in [-0.4, -0.2) is 12.4 Å². The van der Waals surface area contributed by atoms with E-state index in [2.05, 4.69) is 15.9 Å². The van der Waals surface area contributed by atoms with Crippen LogP contribution in [0.5, 0.6) is 5.75 Å². The van der Waals surface area contributed by atoms with Crippen LogP contribution in [-0.2, 0) is 6.42 Å². The van der Waals surface area contributed by atoms with Crippen molar-refractivity contribution in [1.29, 1.82) is 0 Å². The number of aryl methyl sites for hydroxylation is 1. The van der Waals surface area contributed by atoms with Gasteiger partial charge in [-0.05, 0) is 42.3 Å². The molecule has 1 aliphatic rings. The third kappa shape index (κ3) is 2.36. The molecule has 20 heavy (non-hydrogen) atoms. The quantitative estimate of drug-likeness (QED) is 0.741. The van der Waals surface area contributed by atoms with E-state index in [0.717, 1.165) is 22.0 Å². The van der Waals surface area contributed by atoms with Crippen LogP contribution in [0.25, 0.3) is 0 Å². The van der Waals surface area contributed by atoms with E-state index < -0.39 is 0 Å². The fourth-order valence-electron chi connectivity index (χ4n) is 2.42. The van der Waals surface area contributed by atoms with Crippen LogP contribution in [0.15, 0.2) is 34.8 Å². The molecule has 2 aromatic rings. The van der Waals surface area contributed by atoms with Crippen LogP contribution in [0.2, 0.25) is 5.02 Å². The molecular weight excluding hydrogens is 340 g/mol. The van der Waals surface area contributed by atoms with E-state index in [1.54, 1.807) is 12.1 Å². The fourth-order valence-corrected chi connectivity index (χ4v) is 3.10. The number of halogens is 2. The maximum absolute atomic E-state index is 12.8. The van der Waals surface area contributed by atoms with E-state index in [9.17, 15) is 4.79 Å². The summed E-state index contributed by atoms with van der Waals surface area (Å²) in [7, 11) is 0. The smallest absolute Gasteiger partial charge is 0.197 e. The highest BCUT2D eigenvalue weighted by Gasteiger charge is 2.23. The molecule has 2 aromatic carbocycles. The molecule has 0 aromatic heterocycles. The summed E-state index contributed by atoms with van der Waals surface area (Å²) < 4.78 is 6.52. The van der Waals surface area contributed by atoms with Crippen molar-refractivity contribution < 1.29 is 9.53 Å². The monoisotopic (exact) mass is 350 g/mol. The maximum Gasteiger partial charge on any atom is 0.197 e. The molecule has 0 aliphatic carbocycles. The van der Waals surface area contributed by atoms with Crippen molar-refractivity contribution in [1.82, 2.24) is 0 Å². The Labute approximate surface area is 130 Å². The van der Waals surface area contributed by atoms with Crippen LogP contribution < -0.4 is 4.74 Å².